The highest BCUT2D eigenvalue weighted by atomic mass is 16.4. The van der Waals surface area contributed by atoms with Crippen LogP contribution >= 0.6 is 0 Å². The van der Waals surface area contributed by atoms with E-state index in [-0.39, 0.29) is 23.8 Å². The summed E-state index contributed by atoms with van der Waals surface area (Å²) >= 11 is 0. The molecular weight excluding hydrogens is 685 g/mol. The third-order valence-electron chi connectivity index (χ3n) is 8.63. The number of benzene rings is 4. The fourth-order valence-corrected chi connectivity index (χ4v) is 5.97. The average molecular weight is 729 g/mol. The molecule has 6 aromatic rings. The lowest BCUT2D eigenvalue weighted by Gasteiger charge is -2.13. The zero-order valence-corrected chi connectivity index (χ0v) is 30.7. The third-order valence-corrected chi connectivity index (χ3v) is 8.63. The van der Waals surface area contributed by atoms with Crippen molar-refractivity contribution in [1.29, 1.82) is 0 Å². The molecule has 0 unspecified atom stereocenters. The predicted molar refractivity (Wildman–Crippen MR) is 208 cm³/mol. The number of carbonyl (C=O) groups is 2. The van der Waals surface area contributed by atoms with Crippen molar-refractivity contribution >= 4 is 35.2 Å². The molecule has 0 fully saturated rings. The fraction of sp³-hybridized carbons (Fsp3) is 0.250. The predicted octanol–water partition coefficient (Wildman–Crippen LogP) is 6.01. The van der Waals surface area contributed by atoms with Gasteiger partial charge in [0.25, 0.3) is 0 Å². The van der Waals surface area contributed by atoms with Gasteiger partial charge in [-0.2, -0.15) is 0 Å². The highest BCUT2D eigenvalue weighted by Gasteiger charge is 2.18. The Balaban J connectivity index is 1.12. The second kappa shape index (κ2) is 17.9. The molecule has 4 aromatic carbocycles. The summed E-state index contributed by atoms with van der Waals surface area (Å²) in [6.07, 6.45) is 0. The van der Waals surface area contributed by atoms with Gasteiger partial charge in [0, 0.05) is 75.6 Å². The second-order valence-electron chi connectivity index (χ2n) is 12.8. The zero-order valence-electron chi connectivity index (χ0n) is 30.7. The molecule has 0 saturated heterocycles. The smallest absolute Gasteiger partial charge is 0.320 e. The van der Waals surface area contributed by atoms with E-state index in [9.17, 15) is 9.59 Å². The summed E-state index contributed by atoms with van der Waals surface area (Å²) in [6.45, 7) is 10.9. The second-order valence-corrected chi connectivity index (χ2v) is 12.8. The lowest BCUT2D eigenvalue weighted by molar-refractivity contribution is -0.119. The molecule has 14 heteroatoms. The summed E-state index contributed by atoms with van der Waals surface area (Å²) in [5.74, 6) is 0.717. The first-order chi connectivity index (χ1) is 26.2. The summed E-state index contributed by atoms with van der Waals surface area (Å²) in [7, 11) is 0. The van der Waals surface area contributed by atoms with Gasteiger partial charge >= 0.3 is 12.0 Å². The van der Waals surface area contributed by atoms with Gasteiger partial charge in [-0.3, -0.25) is 9.59 Å². The van der Waals surface area contributed by atoms with Crippen molar-refractivity contribution in [3.8, 4) is 34.0 Å². The van der Waals surface area contributed by atoms with E-state index in [0.29, 0.717) is 51.0 Å². The number of rotatable bonds is 17. The van der Waals surface area contributed by atoms with Gasteiger partial charge < -0.3 is 40.7 Å². The Kier molecular flexibility index (Phi) is 12.4. The summed E-state index contributed by atoms with van der Waals surface area (Å²) < 4.78 is 12.2. The monoisotopic (exact) mass is 728 g/mol. The number of nitrogens with zero attached hydrogens (tertiary/aromatic N) is 4. The van der Waals surface area contributed by atoms with Gasteiger partial charge in [-0.25, -0.2) is 0 Å². The fourth-order valence-electron chi connectivity index (χ4n) is 5.97. The van der Waals surface area contributed by atoms with E-state index in [1.807, 2.05) is 86.6 Å². The van der Waals surface area contributed by atoms with Crippen LogP contribution in [0.15, 0.2) is 93.8 Å². The highest BCUT2D eigenvalue weighted by molar-refractivity contribution is 5.81. The molecule has 6 rings (SSSR count). The minimum Gasteiger partial charge on any atom is -0.403 e. The summed E-state index contributed by atoms with van der Waals surface area (Å²) in [5, 5.41) is 35.9. The van der Waals surface area contributed by atoms with Crippen molar-refractivity contribution < 1.29 is 18.4 Å². The van der Waals surface area contributed by atoms with Crippen molar-refractivity contribution in [2.24, 2.45) is 0 Å². The number of hydrogen-bond acceptors (Lipinski definition) is 12. The molecule has 54 heavy (non-hydrogen) atoms. The Morgan fingerprint density at radius 3 is 1.37 bits per heavy atom. The normalized spacial score (nSPS) is 11.0. The molecule has 0 aliphatic carbocycles. The molecule has 0 bridgehead atoms. The van der Waals surface area contributed by atoms with E-state index in [2.05, 4.69) is 64.4 Å². The van der Waals surface area contributed by atoms with Crippen LogP contribution in [-0.4, -0.2) is 58.4 Å². The number of anilines is 4. The van der Waals surface area contributed by atoms with Crippen LogP contribution in [-0.2, 0) is 22.7 Å². The van der Waals surface area contributed by atoms with Crippen LogP contribution in [0.4, 0.5) is 23.4 Å². The van der Waals surface area contributed by atoms with Crippen LogP contribution in [0.1, 0.15) is 36.1 Å². The van der Waals surface area contributed by atoms with Crippen LogP contribution in [0.2, 0.25) is 0 Å². The Morgan fingerprint density at radius 2 is 0.944 bits per heavy atom. The Bertz CT molecular complexity index is 2060. The largest absolute Gasteiger partial charge is 0.403 e. The minimum atomic E-state index is -0.0432. The van der Waals surface area contributed by atoms with Crippen molar-refractivity contribution in [1.82, 2.24) is 41.7 Å². The highest BCUT2D eigenvalue weighted by Crippen LogP contribution is 2.37. The van der Waals surface area contributed by atoms with Gasteiger partial charge in [0.2, 0.25) is 23.6 Å². The van der Waals surface area contributed by atoms with Gasteiger partial charge in [0.05, 0.1) is 0 Å². The van der Waals surface area contributed by atoms with Gasteiger partial charge in [-0.1, -0.05) is 58.7 Å². The van der Waals surface area contributed by atoms with E-state index in [0.717, 1.165) is 55.9 Å². The average Bonchev–Trinajstić information content (AvgIpc) is 3.82. The van der Waals surface area contributed by atoms with Crippen LogP contribution in [0.5, 0.6) is 0 Å². The number of amides is 2. The molecule has 278 valence electrons. The first kappa shape index (κ1) is 37.4. The maximum atomic E-state index is 11.1. The van der Waals surface area contributed by atoms with E-state index in [1.54, 1.807) is 0 Å². The zero-order chi connectivity index (χ0) is 37.9. The van der Waals surface area contributed by atoms with Gasteiger partial charge in [0.1, 0.15) is 0 Å². The summed E-state index contributed by atoms with van der Waals surface area (Å²) in [4.78, 5) is 22.1. The standard InChI is InChI=1S/C40H44N10O4/c1-25-33(13-7-15-35(25)37-47-49-39(53-37)45-31-11-5-9-29(21-31)23-41-17-19-43-27(3)51)34-14-8-16-36(26(34)2)38-48-50-40(54-38)46-32-12-6-10-30(22-32)24-42-18-20-44-28(4)52/h5-16,21-22,41-42H,17-20,23-24H2,1-4H3,(H,43,51)(H,44,52)(H,45,49)(H,46,50). The maximum Gasteiger partial charge on any atom is 0.320 e. The Morgan fingerprint density at radius 1 is 0.537 bits per heavy atom. The van der Waals surface area contributed by atoms with E-state index in [4.69, 9.17) is 8.83 Å². The van der Waals surface area contributed by atoms with E-state index < -0.39 is 0 Å². The van der Waals surface area contributed by atoms with Crippen molar-refractivity contribution in [3.63, 3.8) is 0 Å². The molecule has 14 nitrogen and oxygen atoms in total. The number of hydrogen-bond donors (Lipinski definition) is 6. The molecule has 0 radical (unpaired) electrons. The van der Waals surface area contributed by atoms with Crippen LogP contribution in [0, 0.1) is 13.8 Å². The van der Waals surface area contributed by atoms with Crippen LogP contribution < -0.4 is 31.9 Å². The SMILES string of the molecule is CC(=O)NCCNCc1cccc(Nc2nnc(-c3cccc(-c4cccc(-c5nnc(Nc6cccc(CNCCNC(C)=O)c6)o5)c4C)c3C)o2)c1. The third kappa shape index (κ3) is 9.93. The van der Waals surface area contributed by atoms with E-state index >= 15 is 0 Å². The van der Waals surface area contributed by atoms with Gasteiger partial charge in [0.15, 0.2) is 0 Å². The molecule has 2 aromatic heterocycles. The molecule has 6 N–H and O–H groups in total. The lowest BCUT2D eigenvalue weighted by atomic mass is 9.91. The molecular formula is C40H44N10O4. The molecule has 2 heterocycles. The molecule has 0 atom stereocenters. The minimum absolute atomic E-state index is 0.0432. The lowest BCUT2D eigenvalue weighted by Crippen LogP contribution is -2.29. The van der Waals surface area contributed by atoms with Crippen LogP contribution in [0.25, 0.3) is 34.0 Å². The number of nitrogens with one attached hydrogen (secondary N) is 6. The van der Waals surface area contributed by atoms with Crippen molar-refractivity contribution in [3.05, 3.63) is 107 Å². The van der Waals surface area contributed by atoms with Crippen LogP contribution in [0.3, 0.4) is 0 Å². The first-order valence-corrected chi connectivity index (χ1v) is 17.7. The van der Waals surface area contributed by atoms with Crippen molar-refractivity contribution in [2.45, 2.75) is 40.8 Å². The first-order valence-electron chi connectivity index (χ1n) is 17.7. The Hall–Kier alpha value is -6.38. The number of carbonyl (C=O) groups excluding carboxylic acids is 2. The topological polar surface area (TPSA) is 184 Å². The molecule has 0 saturated carbocycles. The summed E-state index contributed by atoms with van der Waals surface area (Å²) in [5.41, 5.74) is 9.43. The quantitative estimate of drug-likeness (QED) is 0.0603. The van der Waals surface area contributed by atoms with E-state index in [1.165, 1.54) is 13.8 Å². The molecule has 0 aliphatic heterocycles. The molecule has 0 aliphatic rings. The maximum absolute atomic E-state index is 11.1. The summed E-state index contributed by atoms with van der Waals surface area (Å²) in [6, 6.07) is 28.4. The molecule has 2 amide bonds. The number of aromatic nitrogens is 4. The Labute approximate surface area is 313 Å². The molecule has 0 spiro atoms. The van der Waals surface area contributed by atoms with Gasteiger partial charge in [-0.15, -0.1) is 10.2 Å². The van der Waals surface area contributed by atoms with Gasteiger partial charge in [-0.05, 0) is 83.6 Å². The van der Waals surface area contributed by atoms with Crippen molar-refractivity contribution in [2.75, 3.05) is 36.8 Å².